The summed E-state index contributed by atoms with van der Waals surface area (Å²) in [5.74, 6) is 1.53. The molecule has 0 bridgehead atoms. The fourth-order valence-electron chi connectivity index (χ4n) is 2.31. The molecule has 0 aromatic heterocycles. The van der Waals surface area contributed by atoms with E-state index in [1.54, 1.807) is 33.7 Å². The Morgan fingerprint density at radius 2 is 1.10 bits per heavy atom. The Morgan fingerprint density at radius 1 is 0.767 bits per heavy atom. The molecule has 0 aromatic rings. The molecule has 2 unspecified atom stereocenters. The van der Waals surface area contributed by atoms with Crippen molar-refractivity contribution in [2.75, 3.05) is 11.5 Å². The fraction of sp³-hybridized carbons (Fsp3) is 0.727. The first-order valence-corrected chi connectivity index (χ1v) is 12.8. The van der Waals surface area contributed by atoms with Gasteiger partial charge in [0.1, 0.15) is 0 Å². The van der Waals surface area contributed by atoms with Crippen LogP contribution in [0.25, 0.3) is 0 Å². The second-order valence-corrected chi connectivity index (χ2v) is 11.9. The second-order valence-electron chi connectivity index (χ2n) is 9.22. The minimum absolute atomic E-state index is 0.0751. The zero-order valence-electron chi connectivity index (χ0n) is 19.2. The molecule has 174 valence electrons. The van der Waals surface area contributed by atoms with Gasteiger partial charge < -0.3 is 20.8 Å². The molecular formula is C22H40N2O4S2. The van der Waals surface area contributed by atoms with Crippen molar-refractivity contribution in [1.82, 2.24) is 10.6 Å². The number of hydrogen-bond donors (Lipinski definition) is 4. The van der Waals surface area contributed by atoms with Crippen LogP contribution in [0.2, 0.25) is 0 Å². The maximum atomic E-state index is 11.7. The van der Waals surface area contributed by atoms with E-state index in [1.165, 1.54) is 0 Å². The Balaban J connectivity index is 3.75. The Kier molecular flexibility index (Phi) is 14.5. The van der Waals surface area contributed by atoms with Gasteiger partial charge in [-0.2, -0.15) is 0 Å². The maximum Gasteiger partial charge on any atom is 0.223 e. The molecule has 0 fully saturated rings. The van der Waals surface area contributed by atoms with E-state index < -0.39 is 12.2 Å². The number of hydrogen-bond acceptors (Lipinski definition) is 6. The van der Waals surface area contributed by atoms with Crippen LogP contribution in [0.4, 0.5) is 0 Å². The molecule has 6 nitrogen and oxygen atoms in total. The van der Waals surface area contributed by atoms with Gasteiger partial charge in [0.2, 0.25) is 11.8 Å². The number of nitrogens with one attached hydrogen (secondary N) is 2. The molecule has 0 saturated carbocycles. The van der Waals surface area contributed by atoms with Gasteiger partial charge in [-0.05, 0) is 54.4 Å². The molecular weight excluding hydrogens is 420 g/mol. The minimum Gasteiger partial charge on any atom is -0.389 e. The lowest BCUT2D eigenvalue weighted by atomic mass is 10.1. The zero-order chi connectivity index (χ0) is 23.2. The van der Waals surface area contributed by atoms with Crippen molar-refractivity contribution >= 4 is 33.4 Å². The molecule has 0 aliphatic rings. The highest BCUT2D eigenvalue weighted by Crippen LogP contribution is 2.23. The normalized spacial score (nSPS) is 14.8. The Bertz CT molecular complexity index is 516. The Morgan fingerprint density at radius 3 is 1.40 bits per heavy atom. The number of carbonyl (C=O) groups excluding carboxylic acids is 2. The molecule has 30 heavy (non-hydrogen) atoms. The number of amides is 2. The molecule has 0 aliphatic carbocycles. The van der Waals surface area contributed by atoms with Gasteiger partial charge in [-0.3, -0.25) is 9.59 Å². The van der Waals surface area contributed by atoms with Gasteiger partial charge in [0.05, 0.1) is 25.0 Å². The quantitative estimate of drug-likeness (QED) is 0.190. The molecule has 0 heterocycles. The van der Waals surface area contributed by atoms with Gasteiger partial charge in [0.25, 0.3) is 0 Å². The van der Waals surface area contributed by atoms with Crippen LogP contribution in [0.3, 0.4) is 0 Å². The Hall–Kier alpha value is -0.960. The third-order valence-corrected chi connectivity index (χ3v) is 5.82. The number of allylic oxidation sites excluding steroid dienone is 2. The maximum absolute atomic E-state index is 11.7. The smallest absolute Gasteiger partial charge is 0.223 e. The monoisotopic (exact) mass is 460 g/mol. The summed E-state index contributed by atoms with van der Waals surface area (Å²) >= 11 is 0. The van der Waals surface area contributed by atoms with Crippen molar-refractivity contribution in [3.8, 4) is 0 Å². The average Bonchev–Trinajstić information content (AvgIpc) is 2.52. The molecule has 0 aliphatic heterocycles. The lowest BCUT2D eigenvalue weighted by Gasteiger charge is -2.21. The summed E-state index contributed by atoms with van der Waals surface area (Å²) in [6, 6.07) is 0. The zero-order valence-corrected chi connectivity index (χ0v) is 20.9. The van der Waals surface area contributed by atoms with E-state index in [2.05, 4.69) is 10.6 Å². The van der Waals surface area contributed by atoms with Gasteiger partial charge in [-0.15, -0.1) is 0 Å². The molecule has 4 N–H and O–H groups in total. The number of aliphatic hydroxyl groups excluding tert-OH is 2. The van der Waals surface area contributed by atoms with Gasteiger partial charge in [0.15, 0.2) is 0 Å². The van der Waals surface area contributed by atoms with E-state index in [0.29, 0.717) is 0 Å². The first-order valence-electron chi connectivity index (χ1n) is 10.3. The molecule has 0 spiro atoms. The summed E-state index contributed by atoms with van der Waals surface area (Å²) < 4.78 is 0. The third-order valence-electron chi connectivity index (χ3n) is 3.35. The van der Waals surface area contributed by atoms with Gasteiger partial charge in [-0.1, -0.05) is 45.9 Å². The van der Waals surface area contributed by atoms with Gasteiger partial charge >= 0.3 is 0 Å². The van der Waals surface area contributed by atoms with Crippen LogP contribution in [0.1, 0.15) is 67.2 Å². The van der Waals surface area contributed by atoms with Crippen molar-refractivity contribution in [1.29, 1.82) is 0 Å². The summed E-state index contributed by atoms with van der Waals surface area (Å²) in [7, 11) is 3.49. The van der Waals surface area contributed by atoms with Gasteiger partial charge in [0, 0.05) is 22.6 Å². The fourth-order valence-corrected chi connectivity index (χ4v) is 4.30. The largest absolute Gasteiger partial charge is 0.389 e. The Labute approximate surface area is 190 Å². The lowest BCUT2D eigenvalue weighted by Crippen LogP contribution is -2.41. The van der Waals surface area contributed by atoms with Crippen molar-refractivity contribution in [2.24, 2.45) is 0 Å². The summed E-state index contributed by atoms with van der Waals surface area (Å²) in [5, 5.41) is 25.4. The number of rotatable bonds is 13. The van der Waals surface area contributed by atoms with Crippen LogP contribution >= 0.6 is 21.6 Å². The predicted octanol–water partition coefficient (Wildman–Crippen LogP) is 3.59. The topological polar surface area (TPSA) is 98.7 Å². The van der Waals surface area contributed by atoms with Crippen LogP contribution in [0, 0.1) is 0 Å². The number of carbonyl (C=O) groups is 2. The van der Waals surface area contributed by atoms with Crippen molar-refractivity contribution in [2.45, 2.75) is 90.5 Å². The second kappa shape index (κ2) is 14.9. The van der Waals surface area contributed by atoms with E-state index in [-0.39, 0.29) is 35.7 Å². The van der Waals surface area contributed by atoms with Crippen molar-refractivity contribution in [3.63, 3.8) is 0 Å². The molecule has 0 saturated heterocycles. The molecule has 2 amide bonds. The standard InChI is InChI=1S/C22H40N2O4S2/c1-21(2,3)23-19(27)15-17(25)11-7-9-13-29-30-14-10-8-12-18(26)16-20(28)24-22(4,5)6/h7-8,11-12,17-18,25-26H,9-10,13-16H2,1-6H3,(H,23,27)(H,24,28)/b11-7+,12-8+. The highest BCUT2D eigenvalue weighted by Gasteiger charge is 2.16. The molecule has 0 radical (unpaired) electrons. The summed E-state index contributed by atoms with van der Waals surface area (Å²) in [6.07, 6.45) is 7.44. The van der Waals surface area contributed by atoms with Crippen LogP contribution in [-0.4, -0.2) is 56.8 Å². The van der Waals surface area contributed by atoms with E-state index >= 15 is 0 Å². The average molecular weight is 461 g/mol. The van der Waals surface area contributed by atoms with E-state index in [1.807, 2.05) is 53.7 Å². The molecule has 0 aromatic carbocycles. The summed E-state index contributed by atoms with van der Waals surface area (Å²) in [5.41, 5.74) is -0.578. The minimum atomic E-state index is -0.757. The SMILES string of the molecule is CC(C)(C)NC(=O)CC(O)/C=C/CCSSCC/C=C/C(O)CC(=O)NC(C)(C)C. The van der Waals surface area contributed by atoms with Crippen LogP contribution in [0.15, 0.2) is 24.3 Å². The number of aliphatic hydroxyl groups is 2. The summed E-state index contributed by atoms with van der Waals surface area (Å²) in [4.78, 5) is 23.5. The highest BCUT2D eigenvalue weighted by atomic mass is 33.1. The predicted molar refractivity (Wildman–Crippen MR) is 129 cm³/mol. The third kappa shape index (κ3) is 20.3. The molecule has 0 rings (SSSR count). The van der Waals surface area contributed by atoms with Crippen LogP contribution in [-0.2, 0) is 9.59 Å². The van der Waals surface area contributed by atoms with Crippen molar-refractivity contribution in [3.05, 3.63) is 24.3 Å². The molecule has 8 heteroatoms. The van der Waals surface area contributed by atoms with Gasteiger partial charge in [-0.25, -0.2) is 0 Å². The van der Waals surface area contributed by atoms with E-state index in [0.717, 1.165) is 24.3 Å². The van der Waals surface area contributed by atoms with Crippen molar-refractivity contribution < 1.29 is 19.8 Å². The lowest BCUT2D eigenvalue weighted by molar-refractivity contribution is -0.124. The van der Waals surface area contributed by atoms with E-state index in [9.17, 15) is 19.8 Å². The first kappa shape index (κ1) is 29.0. The molecule has 2 atom stereocenters. The summed E-state index contributed by atoms with van der Waals surface area (Å²) in [6.45, 7) is 11.5. The first-order chi connectivity index (χ1) is 13.8. The van der Waals surface area contributed by atoms with Crippen LogP contribution in [0.5, 0.6) is 0 Å². The van der Waals surface area contributed by atoms with Crippen LogP contribution < -0.4 is 10.6 Å². The highest BCUT2D eigenvalue weighted by molar-refractivity contribution is 8.76. The van der Waals surface area contributed by atoms with E-state index in [4.69, 9.17) is 0 Å².